The molecule has 0 aliphatic carbocycles. The van der Waals surface area contributed by atoms with Gasteiger partial charge in [-0.05, 0) is 37.6 Å². The van der Waals surface area contributed by atoms with Crippen molar-refractivity contribution in [3.63, 3.8) is 0 Å². The van der Waals surface area contributed by atoms with Crippen LogP contribution in [0, 0.1) is 5.92 Å². The van der Waals surface area contributed by atoms with Crippen molar-refractivity contribution in [3.8, 4) is 17.0 Å². The van der Waals surface area contributed by atoms with Crippen LogP contribution in [-0.2, 0) is 4.79 Å². The molecule has 3 N–H and O–H groups in total. The van der Waals surface area contributed by atoms with E-state index in [1.54, 1.807) is 12.1 Å². The molecule has 1 unspecified atom stereocenters. The molecule has 0 spiro atoms. The minimum absolute atomic E-state index is 0.110. The fraction of sp³-hybridized carbons (Fsp3) is 0.476. The first kappa shape index (κ1) is 19.4. The lowest BCUT2D eigenvalue weighted by Crippen LogP contribution is -2.52. The van der Waals surface area contributed by atoms with E-state index >= 15 is 0 Å². The minimum atomic E-state index is 0.110. The van der Waals surface area contributed by atoms with Gasteiger partial charge in [-0.3, -0.25) is 4.79 Å². The minimum Gasteiger partial charge on any atom is -0.507 e. The van der Waals surface area contributed by atoms with Crippen LogP contribution in [0.15, 0.2) is 30.3 Å². The molecule has 2 saturated heterocycles. The normalized spacial score (nSPS) is 19.8. The average molecular weight is 396 g/mol. The van der Waals surface area contributed by atoms with Crippen LogP contribution in [0.3, 0.4) is 0 Å². The Hall–Kier alpha value is -2.87. The Morgan fingerprint density at radius 3 is 2.69 bits per heavy atom. The maximum atomic E-state index is 12.8. The molecule has 1 aromatic carbocycles. The number of phenolic OH excluding ortho intramolecular Hbond substituents is 1. The predicted octanol–water partition coefficient (Wildman–Crippen LogP) is 1.54. The molecule has 8 heteroatoms. The molecule has 8 nitrogen and oxygen atoms in total. The molecule has 1 aromatic heterocycles. The number of para-hydroxylation sites is 1. The van der Waals surface area contributed by atoms with Crippen molar-refractivity contribution < 1.29 is 9.90 Å². The largest absolute Gasteiger partial charge is 0.507 e. The highest BCUT2D eigenvalue weighted by Gasteiger charge is 2.29. The van der Waals surface area contributed by atoms with Crippen LogP contribution in [0.5, 0.6) is 5.75 Å². The summed E-state index contributed by atoms with van der Waals surface area (Å²) in [4.78, 5) is 17.0. The van der Waals surface area contributed by atoms with Crippen LogP contribution in [0.1, 0.15) is 12.8 Å². The van der Waals surface area contributed by atoms with E-state index in [0.717, 1.165) is 44.7 Å². The summed E-state index contributed by atoms with van der Waals surface area (Å²) in [6, 6.07) is 9.08. The zero-order valence-corrected chi connectivity index (χ0v) is 16.8. The van der Waals surface area contributed by atoms with Crippen molar-refractivity contribution >= 4 is 17.4 Å². The van der Waals surface area contributed by atoms with Crippen molar-refractivity contribution in [1.82, 2.24) is 20.4 Å². The third-order valence-electron chi connectivity index (χ3n) is 5.77. The summed E-state index contributed by atoms with van der Waals surface area (Å²) < 4.78 is 0. The van der Waals surface area contributed by atoms with Gasteiger partial charge in [0.15, 0.2) is 5.82 Å². The smallest absolute Gasteiger partial charge is 0.227 e. The summed E-state index contributed by atoms with van der Waals surface area (Å²) in [6.45, 7) is 4.69. The van der Waals surface area contributed by atoms with Gasteiger partial charge in [0, 0.05) is 45.3 Å². The number of benzene rings is 1. The average Bonchev–Trinajstić information content (AvgIpc) is 2.79. The Morgan fingerprint density at radius 2 is 2.00 bits per heavy atom. The molecule has 2 aliphatic heterocycles. The molecular weight excluding hydrogens is 368 g/mol. The Morgan fingerprint density at radius 1 is 1.21 bits per heavy atom. The van der Waals surface area contributed by atoms with E-state index < -0.39 is 0 Å². The number of carbonyl (C=O) groups is 1. The van der Waals surface area contributed by atoms with Gasteiger partial charge in [0.1, 0.15) is 5.75 Å². The zero-order valence-electron chi connectivity index (χ0n) is 16.8. The Bertz CT molecular complexity index is 860. The van der Waals surface area contributed by atoms with Crippen LogP contribution in [0.2, 0.25) is 0 Å². The zero-order chi connectivity index (χ0) is 20.2. The lowest BCUT2D eigenvalue weighted by atomic mass is 9.98. The number of hydrogen-bond acceptors (Lipinski definition) is 7. The number of carbonyl (C=O) groups excluding carboxylic acids is 1. The number of aromatic nitrogens is 2. The second kappa shape index (κ2) is 8.65. The highest BCUT2D eigenvalue weighted by molar-refractivity contribution is 5.80. The van der Waals surface area contributed by atoms with E-state index in [4.69, 9.17) is 0 Å². The quantitative estimate of drug-likeness (QED) is 0.722. The molecule has 3 heterocycles. The molecule has 2 aromatic rings. The summed E-state index contributed by atoms with van der Waals surface area (Å²) in [7, 11) is 1.82. The fourth-order valence-electron chi connectivity index (χ4n) is 4.11. The van der Waals surface area contributed by atoms with Gasteiger partial charge in [-0.25, -0.2) is 0 Å². The van der Waals surface area contributed by atoms with Gasteiger partial charge < -0.3 is 25.5 Å². The standard InChI is InChI=1S/C21H28N6O2/c1-22-20-18(13-17(24-25-20)16-6-2-3-7-19(16)28)26-9-11-27(12-10-26)21(29)15-5-4-8-23-14-15/h2-3,6-7,13,15,23,28H,4-5,8-12,14H2,1H3,(H,22,25). The topological polar surface area (TPSA) is 93.6 Å². The summed E-state index contributed by atoms with van der Waals surface area (Å²) in [6.07, 6.45) is 2.05. The van der Waals surface area contributed by atoms with Gasteiger partial charge in [-0.1, -0.05) is 12.1 Å². The van der Waals surface area contributed by atoms with E-state index in [2.05, 4.69) is 25.7 Å². The third-order valence-corrected chi connectivity index (χ3v) is 5.77. The first-order valence-corrected chi connectivity index (χ1v) is 10.3. The summed E-state index contributed by atoms with van der Waals surface area (Å²) in [5.74, 6) is 1.26. The van der Waals surface area contributed by atoms with E-state index in [-0.39, 0.29) is 17.6 Å². The molecule has 2 fully saturated rings. The summed E-state index contributed by atoms with van der Waals surface area (Å²) in [5.41, 5.74) is 2.22. The van der Waals surface area contributed by atoms with Crippen LogP contribution in [0.4, 0.5) is 11.5 Å². The fourth-order valence-corrected chi connectivity index (χ4v) is 4.11. The summed E-state index contributed by atoms with van der Waals surface area (Å²) in [5, 5.41) is 25.2. The predicted molar refractivity (Wildman–Crippen MR) is 113 cm³/mol. The second-order valence-electron chi connectivity index (χ2n) is 7.59. The van der Waals surface area contributed by atoms with Gasteiger partial charge >= 0.3 is 0 Å². The highest BCUT2D eigenvalue weighted by Crippen LogP contribution is 2.32. The number of piperazine rings is 1. The maximum Gasteiger partial charge on any atom is 0.227 e. The van der Waals surface area contributed by atoms with Crippen molar-refractivity contribution in [3.05, 3.63) is 30.3 Å². The SMILES string of the molecule is CNc1nnc(-c2ccccc2O)cc1N1CCN(C(=O)C2CCCNC2)CC1. The molecule has 1 atom stereocenters. The number of amides is 1. The van der Waals surface area contributed by atoms with Crippen molar-refractivity contribution in [2.24, 2.45) is 5.92 Å². The molecule has 4 rings (SSSR count). The number of rotatable bonds is 4. The van der Waals surface area contributed by atoms with E-state index in [1.807, 2.05) is 30.1 Å². The number of phenols is 1. The first-order valence-electron chi connectivity index (χ1n) is 10.3. The lowest BCUT2D eigenvalue weighted by Gasteiger charge is -2.38. The van der Waals surface area contributed by atoms with E-state index in [1.165, 1.54) is 0 Å². The van der Waals surface area contributed by atoms with E-state index in [0.29, 0.717) is 30.2 Å². The molecule has 1 amide bonds. The number of nitrogens with one attached hydrogen (secondary N) is 2. The van der Waals surface area contributed by atoms with Crippen molar-refractivity contribution in [1.29, 1.82) is 0 Å². The van der Waals surface area contributed by atoms with Crippen LogP contribution >= 0.6 is 0 Å². The van der Waals surface area contributed by atoms with Gasteiger partial charge in [0.25, 0.3) is 0 Å². The molecule has 29 heavy (non-hydrogen) atoms. The molecule has 0 radical (unpaired) electrons. The maximum absolute atomic E-state index is 12.8. The highest BCUT2D eigenvalue weighted by atomic mass is 16.3. The molecule has 0 saturated carbocycles. The molecule has 154 valence electrons. The number of piperidine rings is 1. The Kier molecular flexibility index (Phi) is 5.80. The van der Waals surface area contributed by atoms with E-state index in [9.17, 15) is 9.90 Å². The number of nitrogens with zero attached hydrogens (tertiary/aromatic N) is 4. The van der Waals surface area contributed by atoms with Crippen LogP contribution in [0.25, 0.3) is 11.3 Å². The molecule has 2 aliphatic rings. The third kappa shape index (κ3) is 4.12. The Balaban J connectivity index is 1.49. The number of anilines is 2. The molecular formula is C21H28N6O2. The van der Waals surface area contributed by atoms with Gasteiger partial charge in [-0.15, -0.1) is 10.2 Å². The van der Waals surface area contributed by atoms with Crippen molar-refractivity contribution in [2.75, 3.05) is 56.5 Å². The van der Waals surface area contributed by atoms with Crippen molar-refractivity contribution in [2.45, 2.75) is 12.8 Å². The van der Waals surface area contributed by atoms with Crippen LogP contribution in [-0.4, -0.2) is 72.4 Å². The Labute approximate surface area is 170 Å². The van der Waals surface area contributed by atoms with Gasteiger partial charge in [0.05, 0.1) is 17.3 Å². The lowest BCUT2D eigenvalue weighted by molar-refractivity contribution is -0.136. The second-order valence-corrected chi connectivity index (χ2v) is 7.59. The van der Waals surface area contributed by atoms with Gasteiger partial charge in [0.2, 0.25) is 5.91 Å². The van der Waals surface area contributed by atoms with Gasteiger partial charge in [-0.2, -0.15) is 0 Å². The first-order chi connectivity index (χ1) is 14.2. The monoisotopic (exact) mass is 396 g/mol. The number of aromatic hydroxyl groups is 1. The van der Waals surface area contributed by atoms with Crippen LogP contribution < -0.4 is 15.5 Å². The molecule has 0 bridgehead atoms. The summed E-state index contributed by atoms with van der Waals surface area (Å²) >= 11 is 0. The number of hydrogen-bond donors (Lipinski definition) is 3.